The van der Waals surface area contributed by atoms with Gasteiger partial charge < -0.3 is 5.32 Å². The van der Waals surface area contributed by atoms with E-state index in [0.717, 1.165) is 10.0 Å². The molecule has 1 amide bonds. The van der Waals surface area contributed by atoms with Gasteiger partial charge in [-0.25, -0.2) is 8.42 Å². The first-order valence-electron chi connectivity index (χ1n) is 7.42. The van der Waals surface area contributed by atoms with Crippen molar-refractivity contribution in [2.24, 2.45) is 0 Å². The van der Waals surface area contributed by atoms with E-state index in [2.05, 4.69) is 41.4 Å². The van der Waals surface area contributed by atoms with E-state index in [9.17, 15) is 13.2 Å². The predicted molar refractivity (Wildman–Crippen MR) is 100 cm³/mol. The van der Waals surface area contributed by atoms with Gasteiger partial charge in [-0.2, -0.15) is 5.21 Å². The number of sulfonamides is 1. The summed E-state index contributed by atoms with van der Waals surface area (Å²) in [5.41, 5.74) is 1.30. The number of hydrogen-bond acceptors (Lipinski definition) is 5. The van der Waals surface area contributed by atoms with Crippen LogP contribution in [-0.2, 0) is 10.0 Å². The molecule has 26 heavy (non-hydrogen) atoms. The zero-order chi connectivity index (χ0) is 18.7. The number of benzene rings is 2. The molecular formula is C16H14BrN5O3S. The molecule has 3 N–H and O–H groups in total. The van der Waals surface area contributed by atoms with E-state index in [1.165, 1.54) is 12.1 Å². The molecule has 0 bridgehead atoms. The van der Waals surface area contributed by atoms with Gasteiger partial charge in [-0.3, -0.25) is 9.52 Å². The van der Waals surface area contributed by atoms with Crippen molar-refractivity contribution in [2.75, 3.05) is 10.0 Å². The lowest BCUT2D eigenvalue weighted by Crippen LogP contribution is -2.18. The number of hydrogen-bond donors (Lipinski definition) is 3. The molecule has 0 spiro atoms. The van der Waals surface area contributed by atoms with E-state index in [1.807, 2.05) is 6.92 Å². The Hall–Kier alpha value is -2.72. The van der Waals surface area contributed by atoms with Gasteiger partial charge in [0.25, 0.3) is 15.9 Å². The maximum atomic E-state index is 12.5. The molecule has 3 rings (SSSR count). The number of carbonyl (C=O) groups excluding carboxylic acids is 1. The summed E-state index contributed by atoms with van der Waals surface area (Å²) < 4.78 is 28.0. The Kier molecular flexibility index (Phi) is 5.05. The van der Waals surface area contributed by atoms with Crippen molar-refractivity contribution < 1.29 is 13.2 Å². The van der Waals surface area contributed by atoms with Gasteiger partial charge in [0.2, 0.25) is 0 Å². The summed E-state index contributed by atoms with van der Waals surface area (Å²) in [5, 5.41) is 12.4. The first kappa shape index (κ1) is 18.1. The van der Waals surface area contributed by atoms with Gasteiger partial charge in [-0.05, 0) is 43.3 Å². The maximum Gasteiger partial charge on any atom is 0.280 e. The predicted octanol–water partition coefficient (Wildman–Crippen LogP) is 2.93. The summed E-state index contributed by atoms with van der Waals surface area (Å²) in [7, 11) is -3.89. The molecule has 0 unspecified atom stereocenters. The van der Waals surface area contributed by atoms with Gasteiger partial charge >= 0.3 is 0 Å². The lowest BCUT2D eigenvalue weighted by atomic mass is 10.2. The van der Waals surface area contributed by atoms with E-state index in [-0.39, 0.29) is 16.4 Å². The number of H-pyrrole nitrogens is 1. The summed E-state index contributed by atoms with van der Waals surface area (Å²) in [4.78, 5) is 12.4. The number of aromatic nitrogens is 3. The first-order valence-corrected chi connectivity index (χ1v) is 9.70. The molecule has 0 aliphatic heterocycles. The minimum Gasteiger partial charge on any atom is -0.320 e. The van der Waals surface area contributed by atoms with Crippen molar-refractivity contribution in [1.29, 1.82) is 0 Å². The first-order chi connectivity index (χ1) is 12.3. The molecule has 0 saturated carbocycles. The highest BCUT2D eigenvalue weighted by Crippen LogP contribution is 2.19. The number of carbonyl (C=O) groups is 1. The van der Waals surface area contributed by atoms with Gasteiger partial charge in [0.15, 0.2) is 11.5 Å². The molecule has 0 fully saturated rings. The van der Waals surface area contributed by atoms with Crippen molar-refractivity contribution in [3.05, 3.63) is 64.3 Å². The fraction of sp³-hybridized carbons (Fsp3) is 0.0625. The van der Waals surface area contributed by atoms with Crippen LogP contribution >= 0.6 is 15.9 Å². The van der Waals surface area contributed by atoms with Crippen molar-refractivity contribution in [1.82, 2.24) is 15.4 Å². The van der Waals surface area contributed by atoms with Crippen molar-refractivity contribution in [3.63, 3.8) is 0 Å². The van der Waals surface area contributed by atoms with Crippen molar-refractivity contribution >= 4 is 43.4 Å². The van der Waals surface area contributed by atoms with E-state index in [0.29, 0.717) is 5.69 Å². The molecule has 0 aliphatic rings. The Morgan fingerprint density at radius 2 is 1.69 bits per heavy atom. The number of rotatable bonds is 5. The third kappa shape index (κ3) is 4.09. The van der Waals surface area contributed by atoms with Crippen LogP contribution < -0.4 is 10.0 Å². The molecule has 0 radical (unpaired) electrons. The SMILES string of the molecule is Cc1ccc(S(=O)(=O)Nc2n[nH]nc2C(=O)Nc2ccc(Br)cc2)cc1. The van der Waals surface area contributed by atoms with Crippen LogP contribution in [0.3, 0.4) is 0 Å². The Balaban J connectivity index is 1.80. The van der Waals surface area contributed by atoms with Crippen LogP contribution in [0.2, 0.25) is 0 Å². The number of anilines is 2. The Morgan fingerprint density at radius 1 is 1.04 bits per heavy atom. The third-order valence-corrected chi connectivity index (χ3v) is 5.31. The molecular weight excluding hydrogens is 422 g/mol. The number of aromatic amines is 1. The number of nitrogens with one attached hydrogen (secondary N) is 3. The molecule has 3 aromatic rings. The lowest BCUT2D eigenvalue weighted by Gasteiger charge is -2.08. The molecule has 2 aromatic carbocycles. The highest BCUT2D eigenvalue weighted by molar-refractivity contribution is 9.10. The van der Waals surface area contributed by atoms with Crippen LogP contribution in [-0.4, -0.2) is 29.7 Å². The summed E-state index contributed by atoms with van der Waals surface area (Å²) in [6, 6.07) is 13.2. The van der Waals surface area contributed by atoms with Gasteiger partial charge in [-0.15, -0.1) is 10.2 Å². The fourth-order valence-electron chi connectivity index (χ4n) is 2.09. The highest BCUT2D eigenvalue weighted by atomic mass is 79.9. The lowest BCUT2D eigenvalue weighted by molar-refractivity contribution is 0.102. The number of amides is 1. The second kappa shape index (κ2) is 7.26. The van der Waals surface area contributed by atoms with E-state index in [4.69, 9.17) is 0 Å². The molecule has 0 aliphatic carbocycles. The minimum atomic E-state index is -3.89. The summed E-state index contributed by atoms with van der Waals surface area (Å²) in [5.74, 6) is -0.775. The minimum absolute atomic E-state index is 0.0605. The molecule has 10 heteroatoms. The molecule has 1 aromatic heterocycles. The van der Waals surface area contributed by atoms with Crippen LogP contribution in [0, 0.1) is 6.92 Å². The van der Waals surface area contributed by atoms with Crippen LogP contribution in [0.25, 0.3) is 0 Å². The average molecular weight is 436 g/mol. The van der Waals surface area contributed by atoms with Gasteiger partial charge in [0, 0.05) is 10.2 Å². The standard InChI is InChI=1S/C16H14BrN5O3S/c1-10-2-8-13(9-3-10)26(24,25)21-15-14(19-22-20-15)16(23)18-12-6-4-11(17)5-7-12/h2-9H,1H3,(H,18,23)(H2,19,20,21,22). The zero-order valence-electron chi connectivity index (χ0n) is 13.5. The smallest absolute Gasteiger partial charge is 0.280 e. The second-order valence-electron chi connectivity index (χ2n) is 5.40. The summed E-state index contributed by atoms with van der Waals surface area (Å²) in [6.45, 7) is 1.85. The highest BCUT2D eigenvalue weighted by Gasteiger charge is 2.22. The van der Waals surface area contributed by atoms with E-state index >= 15 is 0 Å². The Morgan fingerprint density at radius 3 is 2.35 bits per heavy atom. The van der Waals surface area contributed by atoms with E-state index in [1.54, 1.807) is 36.4 Å². The Bertz CT molecular complexity index is 1030. The van der Waals surface area contributed by atoms with Crippen LogP contribution in [0.1, 0.15) is 16.1 Å². The quantitative estimate of drug-likeness (QED) is 0.569. The zero-order valence-corrected chi connectivity index (χ0v) is 15.9. The molecule has 134 valence electrons. The van der Waals surface area contributed by atoms with Gasteiger partial charge in [0.05, 0.1) is 4.90 Å². The van der Waals surface area contributed by atoms with Crippen LogP contribution in [0.5, 0.6) is 0 Å². The normalized spacial score (nSPS) is 11.2. The third-order valence-electron chi connectivity index (χ3n) is 3.43. The van der Waals surface area contributed by atoms with Crippen LogP contribution in [0.4, 0.5) is 11.5 Å². The largest absolute Gasteiger partial charge is 0.320 e. The number of nitrogens with zero attached hydrogens (tertiary/aromatic N) is 2. The molecule has 8 nitrogen and oxygen atoms in total. The fourth-order valence-corrected chi connectivity index (χ4v) is 3.36. The second-order valence-corrected chi connectivity index (χ2v) is 8.00. The Labute approximate surface area is 158 Å². The van der Waals surface area contributed by atoms with E-state index < -0.39 is 15.9 Å². The maximum absolute atomic E-state index is 12.5. The molecule has 0 saturated heterocycles. The number of halogens is 1. The molecule has 1 heterocycles. The monoisotopic (exact) mass is 435 g/mol. The number of aryl methyl sites for hydroxylation is 1. The van der Waals surface area contributed by atoms with Crippen molar-refractivity contribution in [2.45, 2.75) is 11.8 Å². The van der Waals surface area contributed by atoms with Gasteiger partial charge in [-0.1, -0.05) is 33.6 Å². The summed E-state index contributed by atoms with van der Waals surface area (Å²) >= 11 is 3.30. The summed E-state index contributed by atoms with van der Waals surface area (Å²) in [6.07, 6.45) is 0. The van der Waals surface area contributed by atoms with Gasteiger partial charge in [0.1, 0.15) is 0 Å². The average Bonchev–Trinajstić information content (AvgIpc) is 3.05. The molecule has 0 atom stereocenters. The van der Waals surface area contributed by atoms with Crippen LogP contribution in [0.15, 0.2) is 57.9 Å². The van der Waals surface area contributed by atoms with Crippen molar-refractivity contribution in [3.8, 4) is 0 Å². The topological polar surface area (TPSA) is 117 Å².